The third kappa shape index (κ3) is 2.75. The molecule has 108 valence electrons. The lowest BCUT2D eigenvalue weighted by molar-refractivity contribution is -0.117. The Morgan fingerprint density at radius 2 is 2.20 bits per heavy atom. The second-order valence-electron chi connectivity index (χ2n) is 4.63. The van der Waals surface area contributed by atoms with E-state index >= 15 is 0 Å². The molecule has 1 aliphatic rings. The Balaban J connectivity index is 2.42. The number of anilines is 1. The maximum atomic E-state index is 12.1. The third-order valence-electron chi connectivity index (χ3n) is 3.36. The van der Waals surface area contributed by atoms with Gasteiger partial charge < -0.3 is 14.4 Å². The molecule has 1 aromatic rings. The Morgan fingerprint density at radius 1 is 1.45 bits per heavy atom. The van der Waals surface area contributed by atoms with Crippen molar-refractivity contribution in [2.45, 2.75) is 6.42 Å². The van der Waals surface area contributed by atoms with Crippen molar-refractivity contribution >= 4 is 30.2 Å². The third-order valence-corrected chi connectivity index (χ3v) is 3.88. The molecule has 1 fully saturated rings. The lowest BCUT2D eigenvalue weighted by atomic mass is 10.1. The average molecular weight is 295 g/mol. The van der Waals surface area contributed by atoms with Gasteiger partial charge in [-0.15, -0.1) is 0 Å². The number of benzene rings is 1. The maximum Gasteiger partial charge on any atom is 0.339 e. The van der Waals surface area contributed by atoms with E-state index in [1.807, 2.05) is 0 Å². The summed E-state index contributed by atoms with van der Waals surface area (Å²) >= 11 is 4.24. The van der Waals surface area contributed by atoms with Gasteiger partial charge in [0.2, 0.25) is 5.91 Å². The summed E-state index contributed by atoms with van der Waals surface area (Å²) in [6.07, 6.45) is 0.446. The fourth-order valence-corrected chi connectivity index (χ4v) is 2.53. The predicted octanol–water partition coefficient (Wildman–Crippen LogP) is 1.76. The molecular weight excluding hydrogens is 278 g/mol. The predicted molar refractivity (Wildman–Crippen MR) is 78.6 cm³/mol. The minimum Gasteiger partial charge on any atom is -0.497 e. The first-order valence-electron chi connectivity index (χ1n) is 6.28. The molecule has 1 atom stereocenters. The summed E-state index contributed by atoms with van der Waals surface area (Å²) in [6, 6.07) is 4.97. The van der Waals surface area contributed by atoms with Gasteiger partial charge in [0, 0.05) is 19.0 Å². The number of esters is 1. The van der Waals surface area contributed by atoms with E-state index in [1.165, 1.54) is 7.11 Å². The van der Waals surface area contributed by atoms with Gasteiger partial charge in [0.05, 0.1) is 25.5 Å². The first kappa shape index (κ1) is 14.7. The van der Waals surface area contributed by atoms with Crippen molar-refractivity contribution in [3.63, 3.8) is 0 Å². The van der Waals surface area contributed by atoms with Gasteiger partial charge in [0.15, 0.2) is 0 Å². The Bertz CT molecular complexity index is 532. The SMILES string of the molecule is COC(=O)c1ccc(OC)cc1N1CC(CS)CC1=O. The Hall–Kier alpha value is -1.69. The first-order valence-corrected chi connectivity index (χ1v) is 6.91. The van der Waals surface area contributed by atoms with E-state index in [9.17, 15) is 9.59 Å². The quantitative estimate of drug-likeness (QED) is 0.679. The molecule has 1 saturated heterocycles. The molecule has 6 heteroatoms. The van der Waals surface area contributed by atoms with E-state index in [0.717, 1.165) is 0 Å². The molecule has 1 heterocycles. The minimum atomic E-state index is -0.468. The maximum absolute atomic E-state index is 12.1. The van der Waals surface area contributed by atoms with Gasteiger partial charge in [0.1, 0.15) is 5.75 Å². The van der Waals surface area contributed by atoms with Crippen LogP contribution in [0.4, 0.5) is 5.69 Å². The van der Waals surface area contributed by atoms with Gasteiger partial charge in [-0.3, -0.25) is 4.79 Å². The molecule has 20 heavy (non-hydrogen) atoms. The van der Waals surface area contributed by atoms with E-state index in [1.54, 1.807) is 30.2 Å². The van der Waals surface area contributed by atoms with Gasteiger partial charge in [-0.05, 0) is 23.8 Å². The topological polar surface area (TPSA) is 55.8 Å². The van der Waals surface area contributed by atoms with E-state index in [4.69, 9.17) is 9.47 Å². The van der Waals surface area contributed by atoms with Gasteiger partial charge in [-0.2, -0.15) is 12.6 Å². The van der Waals surface area contributed by atoms with Crippen molar-refractivity contribution in [1.82, 2.24) is 0 Å². The van der Waals surface area contributed by atoms with Crippen LogP contribution in [0.3, 0.4) is 0 Å². The number of methoxy groups -OCH3 is 2. The largest absolute Gasteiger partial charge is 0.497 e. The van der Waals surface area contributed by atoms with Gasteiger partial charge in [-0.25, -0.2) is 4.79 Å². The van der Waals surface area contributed by atoms with Crippen LogP contribution in [0.1, 0.15) is 16.8 Å². The molecule has 1 aromatic carbocycles. The molecule has 0 radical (unpaired) electrons. The van der Waals surface area contributed by atoms with Crippen molar-refractivity contribution in [3.05, 3.63) is 23.8 Å². The van der Waals surface area contributed by atoms with Crippen LogP contribution in [0.2, 0.25) is 0 Å². The molecule has 0 aliphatic carbocycles. The van der Waals surface area contributed by atoms with Gasteiger partial charge in [-0.1, -0.05) is 0 Å². The molecule has 1 amide bonds. The summed E-state index contributed by atoms with van der Waals surface area (Å²) in [4.78, 5) is 25.5. The van der Waals surface area contributed by atoms with E-state index in [2.05, 4.69) is 12.6 Å². The van der Waals surface area contributed by atoms with Crippen LogP contribution < -0.4 is 9.64 Å². The van der Waals surface area contributed by atoms with Crippen molar-refractivity contribution in [1.29, 1.82) is 0 Å². The molecule has 1 aliphatic heterocycles. The normalized spacial score (nSPS) is 18.2. The van der Waals surface area contributed by atoms with E-state index < -0.39 is 5.97 Å². The van der Waals surface area contributed by atoms with Crippen molar-refractivity contribution in [2.24, 2.45) is 5.92 Å². The zero-order valence-electron chi connectivity index (χ0n) is 11.5. The number of hydrogen-bond acceptors (Lipinski definition) is 5. The van der Waals surface area contributed by atoms with Crippen LogP contribution in [0.25, 0.3) is 0 Å². The van der Waals surface area contributed by atoms with Gasteiger partial charge >= 0.3 is 5.97 Å². The number of ether oxygens (including phenoxy) is 2. The Labute approximate surface area is 123 Å². The van der Waals surface area contributed by atoms with E-state index in [-0.39, 0.29) is 11.8 Å². The zero-order chi connectivity index (χ0) is 14.7. The minimum absolute atomic E-state index is 0.0116. The summed E-state index contributed by atoms with van der Waals surface area (Å²) in [5, 5.41) is 0. The smallest absolute Gasteiger partial charge is 0.339 e. The summed E-state index contributed by atoms with van der Waals surface area (Å²) < 4.78 is 9.93. The number of carbonyl (C=O) groups is 2. The van der Waals surface area contributed by atoms with Crippen molar-refractivity contribution < 1.29 is 19.1 Å². The van der Waals surface area contributed by atoms with E-state index in [0.29, 0.717) is 35.7 Å². The molecular formula is C14H17NO4S. The van der Waals surface area contributed by atoms with Crippen molar-refractivity contribution in [2.75, 3.05) is 31.4 Å². The number of thiol groups is 1. The fourth-order valence-electron chi connectivity index (χ4n) is 2.28. The standard InChI is InChI=1S/C14H17NO4S/c1-18-10-3-4-11(14(17)19-2)12(6-10)15-7-9(8-20)5-13(15)16/h3-4,6,9,20H,5,7-8H2,1-2H3. The Morgan fingerprint density at radius 3 is 2.75 bits per heavy atom. The number of amides is 1. The summed E-state index contributed by atoms with van der Waals surface area (Å²) in [5.74, 6) is 0.948. The number of rotatable bonds is 4. The van der Waals surface area contributed by atoms with Crippen LogP contribution in [0.15, 0.2) is 18.2 Å². The zero-order valence-corrected chi connectivity index (χ0v) is 12.4. The summed E-state index contributed by atoms with van der Waals surface area (Å²) in [5.41, 5.74) is 0.895. The first-order chi connectivity index (χ1) is 9.60. The van der Waals surface area contributed by atoms with Crippen LogP contribution >= 0.6 is 12.6 Å². The lowest BCUT2D eigenvalue weighted by Gasteiger charge is -2.20. The van der Waals surface area contributed by atoms with Crippen LogP contribution in [-0.4, -0.2) is 38.4 Å². The average Bonchev–Trinajstić information content (AvgIpc) is 2.86. The molecule has 0 aromatic heterocycles. The molecule has 0 spiro atoms. The highest BCUT2D eigenvalue weighted by Gasteiger charge is 2.32. The molecule has 5 nitrogen and oxygen atoms in total. The number of hydrogen-bond donors (Lipinski definition) is 1. The number of carbonyl (C=O) groups excluding carboxylic acids is 2. The monoisotopic (exact) mass is 295 g/mol. The van der Waals surface area contributed by atoms with Crippen molar-refractivity contribution in [3.8, 4) is 5.75 Å². The fraction of sp³-hybridized carbons (Fsp3) is 0.429. The molecule has 0 bridgehead atoms. The second kappa shape index (κ2) is 6.17. The highest BCUT2D eigenvalue weighted by molar-refractivity contribution is 7.80. The van der Waals surface area contributed by atoms with Crippen LogP contribution in [0, 0.1) is 5.92 Å². The summed E-state index contributed by atoms with van der Waals surface area (Å²) in [7, 11) is 2.86. The Kier molecular flexibility index (Phi) is 4.54. The van der Waals surface area contributed by atoms with Crippen LogP contribution in [0.5, 0.6) is 5.75 Å². The molecule has 2 rings (SSSR count). The van der Waals surface area contributed by atoms with Gasteiger partial charge in [0.25, 0.3) is 0 Å². The molecule has 0 saturated carbocycles. The lowest BCUT2D eigenvalue weighted by Crippen LogP contribution is -2.27. The highest BCUT2D eigenvalue weighted by atomic mass is 32.1. The highest BCUT2D eigenvalue weighted by Crippen LogP contribution is 2.32. The number of nitrogens with zero attached hydrogens (tertiary/aromatic N) is 1. The van der Waals surface area contributed by atoms with Crippen LogP contribution in [-0.2, 0) is 9.53 Å². The summed E-state index contributed by atoms with van der Waals surface area (Å²) in [6.45, 7) is 0.555. The second-order valence-corrected chi connectivity index (χ2v) is 5.00. The molecule has 1 unspecified atom stereocenters. The molecule has 0 N–H and O–H groups in total.